The quantitative estimate of drug-likeness (QED) is 0.770. The molecule has 0 aliphatic carbocycles. The van der Waals surface area contributed by atoms with Gasteiger partial charge in [-0.05, 0) is 24.1 Å². The summed E-state index contributed by atoms with van der Waals surface area (Å²) in [4.78, 5) is 11.4. The van der Waals surface area contributed by atoms with Crippen LogP contribution in [0.5, 0.6) is 0 Å². The van der Waals surface area contributed by atoms with E-state index < -0.39 is 16.1 Å². The predicted molar refractivity (Wildman–Crippen MR) is 70.1 cm³/mol. The molecule has 1 aromatic carbocycles. The van der Waals surface area contributed by atoms with Crippen LogP contribution in [-0.2, 0) is 21.4 Å². The van der Waals surface area contributed by atoms with Gasteiger partial charge in [0.2, 0.25) is 10.0 Å². The Hall–Kier alpha value is -1.44. The molecule has 1 aromatic rings. The van der Waals surface area contributed by atoms with Crippen LogP contribution < -0.4 is 10.5 Å². The van der Waals surface area contributed by atoms with Crippen molar-refractivity contribution in [2.24, 2.45) is 5.73 Å². The van der Waals surface area contributed by atoms with E-state index in [1.165, 1.54) is 0 Å². The molecule has 0 unspecified atom stereocenters. The molecular formula is C12H16N2O4S. The number of ether oxygens (including phenoxy) is 1. The minimum atomic E-state index is -3.35. The van der Waals surface area contributed by atoms with Crippen LogP contribution in [0.1, 0.15) is 33.1 Å². The van der Waals surface area contributed by atoms with Crippen molar-refractivity contribution in [1.82, 2.24) is 4.72 Å². The first-order chi connectivity index (χ1) is 8.83. The second kappa shape index (κ2) is 4.92. The molecule has 0 spiro atoms. The van der Waals surface area contributed by atoms with E-state index in [9.17, 15) is 13.2 Å². The van der Waals surface area contributed by atoms with E-state index in [4.69, 9.17) is 10.5 Å². The van der Waals surface area contributed by atoms with Gasteiger partial charge in [0.25, 0.3) is 0 Å². The van der Waals surface area contributed by atoms with Gasteiger partial charge < -0.3 is 10.5 Å². The van der Waals surface area contributed by atoms with Gasteiger partial charge in [-0.1, -0.05) is 6.07 Å². The van der Waals surface area contributed by atoms with Crippen LogP contribution in [0.2, 0.25) is 0 Å². The molecule has 0 saturated carbocycles. The van der Waals surface area contributed by atoms with Crippen LogP contribution in [-0.4, -0.2) is 27.2 Å². The Morgan fingerprint density at radius 2 is 2.16 bits per heavy atom. The normalized spacial score (nSPS) is 16.1. The number of sulfonamides is 1. The van der Waals surface area contributed by atoms with Gasteiger partial charge >= 0.3 is 5.97 Å². The SMILES string of the molecule is Cc1c([C@H](CN)NS(C)(=O)=O)ccc2c1COC2=O. The summed E-state index contributed by atoms with van der Waals surface area (Å²) >= 11 is 0. The van der Waals surface area contributed by atoms with Crippen LogP contribution in [0.4, 0.5) is 0 Å². The lowest BCUT2D eigenvalue weighted by molar-refractivity contribution is 0.0535. The van der Waals surface area contributed by atoms with Crippen molar-refractivity contribution in [1.29, 1.82) is 0 Å². The Labute approximate surface area is 112 Å². The van der Waals surface area contributed by atoms with Crippen molar-refractivity contribution in [2.45, 2.75) is 19.6 Å². The van der Waals surface area contributed by atoms with E-state index in [1.54, 1.807) is 12.1 Å². The molecule has 6 nitrogen and oxygen atoms in total. The highest BCUT2D eigenvalue weighted by molar-refractivity contribution is 7.88. The zero-order valence-corrected chi connectivity index (χ0v) is 11.6. The van der Waals surface area contributed by atoms with Crippen molar-refractivity contribution in [3.63, 3.8) is 0 Å². The largest absolute Gasteiger partial charge is 0.457 e. The van der Waals surface area contributed by atoms with Crippen LogP contribution in [0.15, 0.2) is 12.1 Å². The number of rotatable bonds is 4. The van der Waals surface area contributed by atoms with Crippen LogP contribution in [0, 0.1) is 6.92 Å². The van der Waals surface area contributed by atoms with E-state index in [2.05, 4.69) is 4.72 Å². The monoisotopic (exact) mass is 284 g/mol. The smallest absolute Gasteiger partial charge is 0.338 e. The minimum absolute atomic E-state index is 0.140. The third-order valence-corrected chi connectivity index (χ3v) is 3.89. The van der Waals surface area contributed by atoms with Gasteiger partial charge in [-0.2, -0.15) is 0 Å². The van der Waals surface area contributed by atoms with Crippen molar-refractivity contribution in [3.05, 3.63) is 34.4 Å². The molecule has 0 saturated heterocycles. The molecular weight excluding hydrogens is 268 g/mol. The fraction of sp³-hybridized carbons (Fsp3) is 0.417. The molecule has 104 valence electrons. The average molecular weight is 284 g/mol. The molecule has 19 heavy (non-hydrogen) atoms. The highest BCUT2D eigenvalue weighted by atomic mass is 32.2. The zero-order valence-electron chi connectivity index (χ0n) is 10.8. The minimum Gasteiger partial charge on any atom is -0.457 e. The number of esters is 1. The van der Waals surface area contributed by atoms with Gasteiger partial charge in [0, 0.05) is 12.1 Å². The lowest BCUT2D eigenvalue weighted by Gasteiger charge is -2.19. The van der Waals surface area contributed by atoms with E-state index in [1.807, 2.05) is 6.92 Å². The van der Waals surface area contributed by atoms with Gasteiger partial charge in [0.15, 0.2) is 0 Å². The molecule has 0 radical (unpaired) electrons. The Kier molecular flexibility index (Phi) is 3.62. The molecule has 1 aliphatic rings. The van der Waals surface area contributed by atoms with Gasteiger partial charge in [-0.25, -0.2) is 17.9 Å². The maximum atomic E-state index is 11.4. The average Bonchev–Trinajstić information content (AvgIpc) is 2.69. The predicted octanol–water partition coefficient (Wildman–Crippen LogP) is 0.214. The number of fused-ring (bicyclic) bond motifs is 1. The number of nitrogens with two attached hydrogens (primary N) is 1. The number of benzene rings is 1. The summed E-state index contributed by atoms with van der Waals surface area (Å²) in [5, 5.41) is 0. The van der Waals surface area contributed by atoms with E-state index in [0.29, 0.717) is 5.56 Å². The van der Waals surface area contributed by atoms with Gasteiger partial charge in [-0.15, -0.1) is 0 Å². The van der Waals surface area contributed by atoms with Gasteiger partial charge in [0.05, 0.1) is 17.9 Å². The Balaban J connectivity index is 2.43. The van der Waals surface area contributed by atoms with Crippen molar-refractivity contribution in [2.75, 3.05) is 12.8 Å². The highest BCUT2D eigenvalue weighted by Crippen LogP contribution is 2.28. The molecule has 0 bridgehead atoms. The van der Waals surface area contributed by atoms with Crippen molar-refractivity contribution in [3.8, 4) is 0 Å². The molecule has 2 rings (SSSR count). The van der Waals surface area contributed by atoms with Gasteiger partial charge in [-0.3, -0.25) is 0 Å². The summed E-state index contributed by atoms with van der Waals surface area (Å²) < 4.78 is 30.1. The van der Waals surface area contributed by atoms with Crippen LogP contribution >= 0.6 is 0 Å². The first-order valence-electron chi connectivity index (χ1n) is 5.80. The van der Waals surface area contributed by atoms with Crippen LogP contribution in [0.3, 0.4) is 0 Å². The highest BCUT2D eigenvalue weighted by Gasteiger charge is 2.26. The molecule has 3 N–H and O–H groups in total. The fourth-order valence-corrected chi connectivity index (χ4v) is 2.98. The molecule has 0 fully saturated rings. The summed E-state index contributed by atoms with van der Waals surface area (Å²) in [6, 6.07) is 2.87. The Bertz CT molecular complexity index is 625. The number of hydrogen-bond acceptors (Lipinski definition) is 5. The van der Waals surface area contributed by atoms with Crippen molar-refractivity contribution >= 4 is 16.0 Å². The van der Waals surface area contributed by atoms with Crippen molar-refractivity contribution < 1.29 is 17.9 Å². The molecule has 7 heteroatoms. The molecule has 0 aromatic heterocycles. The first-order valence-corrected chi connectivity index (χ1v) is 7.69. The lowest BCUT2D eigenvalue weighted by Crippen LogP contribution is -2.33. The summed E-state index contributed by atoms with van der Waals surface area (Å²) in [5.41, 5.74) is 8.58. The second-order valence-corrected chi connectivity index (χ2v) is 6.34. The number of cyclic esters (lactones) is 1. The first kappa shape index (κ1) is 14.0. The summed E-state index contributed by atoms with van der Waals surface area (Å²) in [5.74, 6) is -0.343. The Morgan fingerprint density at radius 3 is 2.74 bits per heavy atom. The summed E-state index contributed by atoms with van der Waals surface area (Å²) in [6.45, 7) is 2.20. The number of nitrogens with one attached hydrogen (secondary N) is 1. The van der Waals surface area contributed by atoms with E-state index in [0.717, 1.165) is 22.9 Å². The van der Waals surface area contributed by atoms with E-state index in [-0.39, 0.29) is 19.1 Å². The third-order valence-electron chi connectivity index (χ3n) is 3.18. The maximum Gasteiger partial charge on any atom is 0.338 e. The van der Waals surface area contributed by atoms with E-state index >= 15 is 0 Å². The standard InChI is InChI=1S/C12H16N2O4S/c1-7-8(11(5-13)14-19(2,16)17)3-4-9-10(7)6-18-12(9)15/h3-4,11,14H,5-6,13H2,1-2H3/t11-/m0/s1. The van der Waals surface area contributed by atoms with Gasteiger partial charge in [0.1, 0.15) is 6.61 Å². The molecule has 0 amide bonds. The molecule has 1 heterocycles. The molecule has 1 aliphatic heterocycles. The molecule has 1 atom stereocenters. The summed E-state index contributed by atoms with van der Waals surface area (Å²) in [7, 11) is -3.35. The lowest BCUT2D eigenvalue weighted by atomic mass is 9.94. The van der Waals surface area contributed by atoms with Crippen LogP contribution in [0.25, 0.3) is 0 Å². The number of carbonyl (C=O) groups is 1. The second-order valence-electron chi connectivity index (χ2n) is 4.56. The topological polar surface area (TPSA) is 98.5 Å². The fourth-order valence-electron chi connectivity index (χ4n) is 2.24. The number of carbonyl (C=O) groups excluding carboxylic acids is 1. The summed E-state index contributed by atoms with van der Waals surface area (Å²) in [6.07, 6.45) is 1.09. The zero-order chi connectivity index (χ0) is 14.2. The maximum absolute atomic E-state index is 11.4. The third kappa shape index (κ3) is 2.78. The number of hydrogen-bond donors (Lipinski definition) is 2. The Morgan fingerprint density at radius 1 is 1.47 bits per heavy atom.